The average molecular weight is 309 g/mol. The van der Waals surface area contributed by atoms with Crippen molar-refractivity contribution in [3.8, 4) is 16.9 Å². The highest BCUT2D eigenvalue weighted by Gasteiger charge is 2.27. The number of rotatable bonds is 1. The number of alkyl halides is 1. The molecule has 2 aromatic rings. The van der Waals surface area contributed by atoms with Crippen molar-refractivity contribution in [3.05, 3.63) is 36.2 Å². The molecule has 1 aromatic heterocycles. The van der Waals surface area contributed by atoms with E-state index < -0.39 is 6.10 Å². The van der Waals surface area contributed by atoms with E-state index in [0.717, 1.165) is 22.4 Å². The predicted molar refractivity (Wildman–Crippen MR) is 71.8 cm³/mol. The molecule has 3 rings (SSSR count). The largest absolute Gasteiger partial charge is 0.492 e. The molecule has 5 heteroatoms. The van der Waals surface area contributed by atoms with Crippen molar-refractivity contribution in [2.24, 2.45) is 7.05 Å². The number of hydrogen-bond donors (Lipinski definition) is 1. The first-order valence-electron chi connectivity index (χ1n) is 5.73. The first-order chi connectivity index (χ1) is 8.65. The third kappa shape index (κ3) is 1.93. The zero-order valence-corrected chi connectivity index (χ0v) is 11.5. The van der Waals surface area contributed by atoms with Gasteiger partial charge in [0, 0.05) is 24.4 Å². The number of ether oxygens (including phenoxy) is 1. The molecule has 0 aliphatic carbocycles. The predicted octanol–water partition coefficient (Wildman–Crippen LogP) is 2.28. The molecule has 2 atom stereocenters. The van der Waals surface area contributed by atoms with Crippen molar-refractivity contribution in [1.82, 2.24) is 9.78 Å². The molecule has 1 N–H and O–H groups in total. The third-order valence-corrected chi connectivity index (χ3v) is 3.88. The molecule has 1 aromatic carbocycles. The summed E-state index contributed by atoms with van der Waals surface area (Å²) in [6.45, 7) is 0.477. The number of aromatic nitrogens is 2. The van der Waals surface area contributed by atoms with Gasteiger partial charge in [-0.2, -0.15) is 5.10 Å². The van der Waals surface area contributed by atoms with Gasteiger partial charge in [-0.05, 0) is 11.6 Å². The van der Waals surface area contributed by atoms with E-state index in [1.807, 2.05) is 37.6 Å². The van der Waals surface area contributed by atoms with Crippen LogP contribution in [0.2, 0.25) is 0 Å². The van der Waals surface area contributed by atoms with Crippen LogP contribution < -0.4 is 4.74 Å². The fourth-order valence-corrected chi connectivity index (χ4v) is 2.53. The van der Waals surface area contributed by atoms with Crippen LogP contribution in [0.15, 0.2) is 30.6 Å². The summed E-state index contributed by atoms with van der Waals surface area (Å²) >= 11 is 3.40. The Morgan fingerprint density at radius 2 is 2.28 bits per heavy atom. The van der Waals surface area contributed by atoms with Crippen LogP contribution in [-0.4, -0.2) is 26.3 Å². The minimum absolute atomic E-state index is 0.0470. The second kappa shape index (κ2) is 4.40. The van der Waals surface area contributed by atoms with Crippen molar-refractivity contribution in [2.75, 3.05) is 6.61 Å². The third-order valence-electron chi connectivity index (χ3n) is 3.11. The maximum Gasteiger partial charge on any atom is 0.125 e. The molecule has 0 saturated heterocycles. The molecule has 0 amide bonds. The summed E-state index contributed by atoms with van der Waals surface area (Å²) in [5, 5.41) is 14.2. The van der Waals surface area contributed by atoms with Crippen LogP contribution in [0.5, 0.6) is 5.75 Å². The fourth-order valence-electron chi connectivity index (χ4n) is 2.11. The molecule has 0 radical (unpaired) electrons. The number of fused-ring (bicyclic) bond motifs is 1. The van der Waals surface area contributed by atoms with Crippen LogP contribution in [0.3, 0.4) is 0 Å². The van der Waals surface area contributed by atoms with Gasteiger partial charge >= 0.3 is 0 Å². The molecule has 0 spiro atoms. The molecule has 0 bridgehead atoms. The van der Waals surface area contributed by atoms with Crippen LogP contribution in [0, 0.1) is 0 Å². The van der Waals surface area contributed by atoms with Gasteiger partial charge in [0.15, 0.2) is 0 Å². The maximum absolute atomic E-state index is 10.1. The van der Waals surface area contributed by atoms with Crippen molar-refractivity contribution in [1.29, 1.82) is 0 Å². The Kier molecular flexibility index (Phi) is 2.87. The summed E-state index contributed by atoms with van der Waals surface area (Å²) in [6, 6.07) is 5.84. The van der Waals surface area contributed by atoms with Crippen molar-refractivity contribution >= 4 is 15.9 Å². The molecule has 2 heterocycles. The highest BCUT2D eigenvalue weighted by Crippen LogP contribution is 2.37. The van der Waals surface area contributed by atoms with E-state index in [1.165, 1.54) is 0 Å². The van der Waals surface area contributed by atoms with Crippen LogP contribution in [0.25, 0.3) is 11.1 Å². The summed E-state index contributed by atoms with van der Waals surface area (Å²) in [5.41, 5.74) is 2.91. The van der Waals surface area contributed by atoms with Gasteiger partial charge in [0.05, 0.1) is 17.1 Å². The zero-order valence-electron chi connectivity index (χ0n) is 9.88. The fraction of sp³-hybridized carbons (Fsp3) is 0.308. The monoisotopic (exact) mass is 308 g/mol. The maximum atomic E-state index is 10.1. The van der Waals surface area contributed by atoms with E-state index in [9.17, 15) is 5.11 Å². The van der Waals surface area contributed by atoms with E-state index >= 15 is 0 Å². The molecule has 1 aliphatic rings. The van der Waals surface area contributed by atoms with Gasteiger partial charge in [0.25, 0.3) is 0 Å². The average Bonchev–Trinajstić information content (AvgIpc) is 2.80. The normalized spacial score (nSPS) is 22.4. The summed E-state index contributed by atoms with van der Waals surface area (Å²) < 4.78 is 7.40. The van der Waals surface area contributed by atoms with Gasteiger partial charge in [-0.15, -0.1) is 0 Å². The summed E-state index contributed by atoms with van der Waals surface area (Å²) in [7, 11) is 1.89. The Hall–Kier alpha value is -1.33. The summed E-state index contributed by atoms with van der Waals surface area (Å²) in [6.07, 6.45) is 3.25. The van der Waals surface area contributed by atoms with E-state index in [-0.39, 0.29) is 4.83 Å². The van der Waals surface area contributed by atoms with Crippen LogP contribution in [0.4, 0.5) is 0 Å². The van der Waals surface area contributed by atoms with Gasteiger partial charge in [0.2, 0.25) is 0 Å². The molecule has 94 valence electrons. The number of nitrogens with zero attached hydrogens (tertiary/aromatic N) is 2. The van der Waals surface area contributed by atoms with Crippen LogP contribution in [-0.2, 0) is 7.05 Å². The summed E-state index contributed by atoms with van der Waals surface area (Å²) in [4.78, 5) is -0.0470. The van der Waals surface area contributed by atoms with Gasteiger partial charge in [-0.1, -0.05) is 28.1 Å². The lowest BCUT2D eigenvalue weighted by atomic mass is 9.99. The lowest BCUT2D eigenvalue weighted by Crippen LogP contribution is -2.25. The number of halogens is 1. The number of benzene rings is 1. The highest BCUT2D eigenvalue weighted by atomic mass is 79.9. The molecule has 0 fully saturated rings. The summed E-state index contributed by atoms with van der Waals surface area (Å²) in [5.74, 6) is 0.750. The molecule has 2 unspecified atom stereocenters. The molecular weight excluding hydrogens is 296 g/mol. The Morgan fingerprint density at radius 1 is 1.44 bits per heavy atom. The molecule has 0 saturated carbocycles. The molecule has 1 aliphatic heterocycles. The number of aryl methyl sites for hydroxylation is 1. The van der Waals surface area contributed by atoms with E-state index in [2.05, 4.69) is 21.0 Å². The highest BCUT2D eigenvalue weighted by molar-refractivity contribution is 9.09. The second-order valence-electron chi connectivity index (χ2n) is 4.43. The standard InChI is InChI=1S/C13H13BrN2O2/c1-16-6-9(5-15-16)8-2-3-10-12(4-8)18-7-11(14)13(10)17/h2-6,11,13,17H,7H2,1H3. The first-order valence-corrected chi connectivity index (χ1v) is 6.64. The smallest absolute Gasteiger partial charge is 0.125 e. The Balaban J connectivity index is 2.01. The quantitative estimate of drug-likeness (QED) is 0.822. The van der Waals surface area contributed by atoms with Crippen molar-refractivity contribution in [2.45, 2.75) is 10.9 Å². The van der Waals surface area contributed by atoms with E-state index in [1.54, 1.807) is 4.68 Å². The molecule has 4 nitrogen and oxygen atoms in total. The lowest BCUT2D eigenvalue weighted by molar-refractivity contribution is 0.125. The topological polar surface area (TPSA) is 47.3 Å². The lowest BCUT2D eigenvalue weighted by Gasteiger charge is -2.26. The number of aliphatic hydroxyl groups is 1. The van der Waals surface area contributed by atoms with E-state index in [4.69, 9.17) is 4.74 Å². The van der Waals surface area contributed by atoms with Gasteiger partial charge in [-0.25, -0.2) is 0 Å². The number of hydrogen-bond acceptors (Lipinski definition) is 3. The van der Waals surface area contributed by atoms with E-state index in [0.29, 0.717) is 6.61 Å². The first kappa shape index (κ1) is 11.7. The van der Waals surface area contributed by atoms with Gasteiger partial charge in [0.1, 0.15) is 12.4 Å². The minimum Gasteiger partial charge on any atom is -0.492 e. The Bertz CT molecular complexity index is 582. The zero-order chi connectivity index (χ0) is 12.7. The SMILES string of the molecule is Cn1cc(-c2ccc3c(c2)OCC(Br)C3O)cn1. The molecular formula is C13H13BrN2O2. The van der Waals surface area contributed by atoms with Gasteiger partial charge < -0.3 is 9.84 Å². The van der Waals surface area contributed by atoms with Crippen LogP contribution in [0.1, 0.15) is 11.7 Å². The Morgan fingerprint density at radius 3 is 3.00 bits per heavy atom. The Labute approximate surface area is 113 Å². The van der Waals surface area contributed by atoms with Crippen molar-refractivity contribution < 1.29 is 9.84 Å². The number of aliphatic hydroxyl groups excluding tert-OH is 1. The van der Waals surface area contributed by atoms with Crippen LogP contribution >= 0.6 is 15.9 Å². The second-order valence-corrected chi connectivity index (χ2v) is 5.60. The van der Waals surface area contributed by atoms with Gasteiger partial charge in [-0.3, -0.25) is 4.68 Å². The minimum atomic E-state index is -0.517. The molecule has 18 heavy (non-hydrogen) atoms. The van der Waals surface area contributed by atoms with Crippen molar-refractivity contribution in [3.63, 3.8) is 0 Å².